The van der Waals surface area contributed by atoms with E-state index in [-0.39, 0.29) is 0 Å². The Kier molecular flexibility index (Phi) is 29.3. The zero-order chi connectivity index (χ0) is 15.7. The van der Waals surface area contributed by atoms with Crippen molar-refractivity contribution >= 4 is 0 Å². The highest BCUT2D eigenvalue weighted by atomic mass is 13.7. The van der Waals surface area contributed by atoms with Gasteiger partial charge >= 0.3 is 0 Å². The molecule has 104 valence electrons. The van der Waals surface area contributed by atoms with Gasteiger partial charge in [0.25, 0.3) is 0 Å². The molecule has 0 aromatic carbocycles. The molecule has 0 atom stereocenters. The van der Waals surface area contributed by atoms with E-state index in [2.05, 4.69) is 39.5 Å². The largest absolute Gasteiger partial charge is 0.100 e. The highest BCUT2D eigenvalue weighted by Crippen LogP contribution is 1.81. The van der Waals surface area contributed by atoms with Gasteiger partial charge in [0.15, 0.2) is 0 Å². The molecule has 0 radical (unpaired) electrons. The Morgan fingerprint density at radius 2 is 0.611 bits per heavy atom. The van der Waals surface area contributed by atoms with Crippen LogP contribution in [-0.2, 0) is 0 Å². The van der Waals surface area contributed by atoms with Gasteiger partial charge in [0, 0.05) is 0 Å². The quantitative estimate of drug-likeness (QED) is 0.378. The van der Waals surface area contributed by atoms with Crippen LogP contribution in [0.2, 0.25) is 0 Å². The Balaban J connectivity index is -0.0000000731. The zero-order valence-corrected chi connectivity index (χ0v) is 13.4. The van der Waals surface area contributed by atoms with E-state index in [4.69, 9.17) is 0 Å². The molecule has 0 spiro atoms. The summed E-state index contributed by atoms with van der Waals surface area (Å²) in [5, 5.41) is 0. The summed E-state index contributed by atoms with van der Waals surface area (Å²) in [4.78, 5) is 0. The second kappa shape index (κ2) is 20.8. The molecule has 0 saturated heterocycles. The Morgan fingerprint density at radius 3 is 0.611 bits per heavy atom. The van der Waals surface area contributed by atoms with Gasteiger partial charge in [0.1, 0.15) is 0 Å². The molecule has 0 aliphatic heterocycles. The predicted molar refractivity (Wildman–Crippen MR) is 91.0 cm³/mol. The predicted octanol–water partition coefficient (Wildman–Crippen LogP) is 6.66. The molecular weight excluding hydrogens is 216 g/mol. The topological polar surface area (TPSA) is 0 Å². The van der Waals surface area contributed by atoms with E-state index in [1.807, 2.05) is 41.5 Å². The summed E-state index contributed by atoms with van der Waals surface area (Å²) in [6.07, 6.45) is 3.44. The summed E-state index contributed by atoms with van der Waals surface area (Å²) in [6, 6.07) is 0. The molecule has 0 amide bonds. The van der Waals surface area contributed by atoms with E-state index in [1.165, 1.54) is 11.1 Å². The molecule has 0 heteroatoms. The second-order valence-electron chi connectivity index (χ2n) is 4.52. The van der Waals surface area contributed by atoms with Gasteiger partial charge in [-0.2, -0.15) is 0 Å². The lowest BCUT2D eigenvalue weighted by Gasteiger charge is -1.71. The van der Waals surface area contributed by atoms with Crippen LogP contribution in [0.1, 0.15) is 41.5 Å². The van der Waals surface area contributed by atoms with Crippen molar-refractivity contribution in [2.24, 2.45) is 0 Å². The van der Waals surface area contributed by atoms with Gasteiger partial charge in [-0.1, -0.05) is 60.8 Å². The van der Waals surface area contributed by atoms with Crippen LogP contribution in [0.3, 0.4) is 0 Å². The van der Waals surface area contributed by atoms with Gasteiger partial charge in [-0.05, 0) is 41.5 Å². The van der Waals surface area contributed by atoms with E-state index < -0.39 is 0 Å². The maximum absolute atomic E-state index is 3.56. The van der Waals surface area contributed by atoms with E-state index in [0.717, 1.165) is 11.1 Å². The molecule has 0 aromatic heterocycles. The lowest BCUT2D eigenvalue weighted by molar-refractivity contribution is 1.42. The average Bonchev–Trinajstić information content (AvgIpc) is 2.16. The minimum Gasteiger partial charge on any atom is -0.100 e. The Hall–Kier alpha value is -1.56. The molecule has 0 N–H and O–H groups in total. The number of rotatable bonds is 2. The molecule has 0 nitrogen and oxygen atoms in total. The highest BCUT2D eigenvalue weighted by molar-refractivity contribution is 5.06. The zero-order valence-electron chi connectivity index (χ0n) is 13.4. The van der Waals surface area contributed by atoms with Crippen LogP contribution >= 0.6 is 0 Å². The molecule has 0 aromatic rings. The van der Waals surface area contributed by atoms with Gasteiger partial charge in [0.2, 0.25) is 0 Å². The lowest BCUT2D eigenvalue weighted by atomic mass is 10.4. The van der Waals surface area contributed by atoms with Crippen LogP contribution in [0, 0.1) is 0 Å². The summed E-state index contributed by atoms with van der Waals surface area (Å²) >= 11 is 0. The summed E-state index contributed by atoms with van der Waals surface area (Å²) in [5.41, 5.74) is 4.37. The van der Waals surface area contributed by atoms with Crippen LogP contribution in [-0.4, -0.2) is 0 Å². The smallest absolute Gasteiger partial charge is 0.0404 e. The average molecular weight is 248 g/mol. The van der Waals surface area contributed by atoms with Crippen LogP contribution in [0.15, 0.2) is 73.9 Å². The lowest BCUT2D eigenvalue weighted by Crippen LogP contribution is -1.50. The molecule has 0 aliphatic carbocycles. The fourth-order valence-electron chi connectivity index (χ4n) is 0. The monoisotopic (exact) mass is 248 g/mol. The molecule has 0 fully saturated rings. The number of hydrogen-bond acceptors (Lipinski definition) is 0. The van der Waals surface area contributed by atoms with Crippen molar-refractivity contribution in [2.45, 2.75) is 41.5 Å². The minimum atomic E-state index is 1.02. The Morgan fingerprint density at radius 1 is 0.556 bits per heavy atom. The van der Waals surface area contributed by atoms with Crippen molar-refractivity contribution < 1.29 is 0 Å². The first-order valence-electron chi connectivity index (χ1n) is 5.81. The molecule has 0 saturated carbocycles. The van der Waals surface area contributed by atoms with Crippen LogP contribution < -0.4 is 0 Å². The van der Waals surface area contributed by atoms with Crippen LogP contribution in [0.25, 0.3) is 0 Å². The van der Waals surface area contributed by atoms with Crippen molar-refractivity contribution in [3.63, 3.8) is 0 Å². The Bertz CT molecular complexity index is 236. The van der Waals surface area contributed by atoms with Gasteiger partial charge in [-0.15, -0.1) is 13.2 Å². The minimum absolute atomic E-state index is 1.02. The van der Waals surface area contributed by atoms with E-state index >= 15 is 0 Å². The molecular formula is C18H32. The summed E-state index contributed by atoms with van der Waals surface area (Å²) in [6.45, 7) is 32.9. The second-order valence-corrected chi connectivity index (χ2v) is 4.52. The van der Waals surface area contributed by atoms with Crippen LogP contribution in [0.4, 0.5) is 0 Å². The summed E-state index contributed by atoms with van der Waals surface area (Å²) < 4.78 is 0. The molecule has 18 heavy (non-hydrogen) atoms. The van der Waals surface area contributed by atoms with E-state index in [9.17, 15) is 0 Å². The van der Waals surface area contributed by atoms with Crippen molar-refractivity contribution in [3.8, 4) is 0 Å². The maximum Gasteiger partial charge on any atom is -0.0404 e. The third-order valence-electron chi connectivity index (χ3n) is 0.697. The first-order valence-corrected chi connectivity index (χ1v) is 5.81. The SMILES string of the molecule is C=C(C)C.C=C(C)C.C=CC(=C)C.C=CC(=C)C. The fourth-order valence-corrected chi connectivity index (χ4v) is 0. The standard InChI is InChI=1S/2C5H8.2C4H8/c2*1-4-5(2)3;2*1-4(2)3/h2*4H,1-2H2,3H3;2*1H2,2-3H3. The van der Waals surface area contributed by atoms with Crippen molar-refractivity contribution in [2.75, 3.05) is 0 Å². The summed E-state index contributed by atoms with van der Waals surface area (Å²) in [7, 11) is 0. The molecule has 0 bridgehead atoms. The molecule has 0 rings (SSSR count). The number of allylic oxidation sites excluding steroid dienone is 6. The van der Waals surface area contributed by atoms with E-state index in [1.54, 1.807) is 12.2 Å². The molecule has 0 unspecified atom stereocenters. The van der Waals surface area contributed by atoms with Gasteiger partial charge in [-0.3, -0.25) is 0 Å². The number of hydrogen-bond donors (Lipinski definition) is 0. The summed E-state index contributed by atoms with van der Waals surface area (Å²) in [5.74, 6) is 0. The van der Waals surface area contributed by atoms with Gasteiger partial charge in [0.05, 0.1) is 0 Å². The molecule has 0 heterocycles. The first kappa shape index (κ1) is 25.3. The van der Waals surface area contributed by atoms with Crippen molar-refractivity contribution in [1.29, 1.82) is 0 Å². The third-order valence-corrected chi connectivity index (χ3v) is 0.697. The van der Waals surface area contributed by atoms with Crippen LogP contribution in [0.5, 0.6) is 0 Å². The van der Waals surface area contributed by atoms with Crippen molar-refractivity contribution in [3.05, 3.63) is 73.9 Å². The first-order chi connectivity index (χ1) is 8.00. The normalized spacial score (nSPS) is 6.56. The third kappa shape index (κ3) is 438. The fraction of sp³-hybridized carbons (Fsp3) is 0.333. The van der Waals surface area contributed by atoms with Gasteiger partial charge < -0.3 is 0 Å². The molecule has 0 aliphatic rings. The van der Waals surface area contributed by atoms with Crippen molar-refractivity contribution in [1.82, 2.24) is 0 Å². The van der Waals surface area contributed by atoms with E-state index in [0.29, 0.717) is 0 Å². The maximum atomic E-state index is 3.56. The van der Waals surface area contributed by atoms with Gasteiger partial charge in [-0.25, -0.2) is 0 Å². The highest BCUT2D eigenvalue weighted by Gasteiger charge is 1.59. The Labute approximate surface area is 116 Å².